The van der Waals surface area contributed by atoms with Gasteiger partial charge in [-0.25, -0.2) is 9.36 Å². The lowest BCUT2D eigenvalue weighted by Gasteiger charge is -2.06. The van der Waals surface area contributed by atoms with E-state index in [4.69, 9.17) is 4.52 Å². The molecular formula is C17H17N3O3S. The van der Waals surface area contributed by atoms with Crippen LogP contribution in [-0.4, -0.2) is 20.1 Å². The lowest BCUT2D eigenvalue weighted by molar-refractivity contribution is 0.0969. The summed E-state index contributed by atoms with van der Waals surface area (Å²) >= 11 is 1.43. The average Bonchev–Trinajstić information content (AvgIpc) is 3.25. The van der Waals surface area contributed by atoms with Crippen molar-refractivity contribution < 1.29 is 9.32 Å². The van der Waals surface area contributed by atoms with Crippen LogP contribution >= 0.6 is 11.3 Å². The molecule has 0 atom stereocenters. The Bertz CT molecular complexity index is 945. The lowest BCUT2D eigenvalue weighted by Crippen LogP contribution is -2.21. The van der Waals surface area contributed by atoms with Crippen LogP contribution in [0.1, 0.15) is 21.7 Å². The number of ketones is 1. The highest BCUT2D eigenvalue weighted by Gasteiger charge is 2.20. The molecule has 0 spiro atoms. The van der Waals surface area contributed by atoms with Crippen LogP contribution in [0.3, 0.4) is 0 Å². The smallest absolute Gasteiger partial charge is 0.345 e. The fourth-order valence-corrected chi connectivity index (χ4v) is 3.43. The molecule has 24 heavy (non-hydrogen) atoms. The van der Waals surface area contributed by atoms with Gasteiger partial charge in [0.1, 0.15) is 0 Å². The number of hydrogen-bond donors (Lipinski definition) is 0. The van der Waals surface area contributed by atoms with Crippen molar-refractivity contribution >= 4 is 17.1 Å². The van der Waals surface area contributed by atoms with Gasteiger partial charge in [0, 0.05) is 23.5 Å². The Labute approximate surface area is 142 Å². The molecule has 3 rings (SSSR count). The molecule has 0 aliphatic carbocycles. The third kappa shape index (κ3) is 2.78. The second-order valence-electron chi connectivity index (χ2n) is 5.44. The Morgan fingerprint density at radius 1 is 1.42 bits per heavy atom. The van der Waals surface area contributed by atoms with E-state index < -0.39 is 5.76 Å². The summed E-state index contributed by atoms with van der Waals surface area (Å²) in [5.41, 5.74) is 2.44. The van der Waals surface area contributed by atoms with E-state index in [0.29, 0.717) is 17.9 Å². The first kappa shape index (κ1) is 16.2. The molecule has 0 N–H and O–H groups in total. The zero-order valence-corrected chi connectivity index (χ0v) is 14.3. The molecule has 3 aromatic rings. The molecule has 0 aromatic carbocycles. The first-order chi connectivity index (χ1) is 11.5. The molecule has 0 bridgehead atoms. The zero-order valence-electron chi connectivity index (χ0n) is 13.5. The van der Waals surface area contributed by atoms with Gasteiger partial charge in [-0.15, -0.1) is 17.9 Å². The lowest BCUT2D eigenvalue weighted by atomic mass is 10.1. The Hall–Kier alpha value is -2.67. The average molecular weight is 343 g/mol. The number of thiophene rings is 1. The highest BCUT2D eigenvalue weighted by atomic mass is 32.1. The maximum Gasteiger partial charge on any atom is 0.442 e. The van der Waals surface area contributed by atoms with Crippen LogP contribution in [0.15, 0.2) is 45.6 Å². The number of nitrogens with zero attached hydrogens (tertiary/aromatic N) is 3. The van der Waals surface area contributed by atoms with Crippen molar-refractivity contribution in [3.8, 4) is 10.7 Å². The normalized spacial score (nSPS) is 10.9. The summed E-state index contributed by atoms with van der Waals surface area (Å²) in [4.78, 5) is 25.4. The van der Waals surface area contributed by atoms with E-state index in [9.17, 15) is 9.59 Å². The van der Waals surface area contributed by atoms with Gasteiger partial charge in [-0.1, -0.05) is 17.3 Å². The van der Waals surface area contributed by atoms with E-state index in [1.165, 1.54) is 15.9 Å². The third-order valence-electron chi connectivity index (χ3n) is 3.92. The summed E-state index contributed by atoms with van der Waals surface area (Å²) in [6.45, 7) is 8.10. The van der Waals surface area contributed by atoms with Crippen molar-refractivity contribution in [2.45, 2.75) is 26.9 Å². The summed E-state index contributed by atoms with van der Waals surface area (Å²) < 4.78 is 8.03. The van der Waals surface area contributed by atoms with Gasteiger partial charge >= 0.3 is 5.76 Å². The molecule has 0 saturated carbocycles. The van der Waals surface area contributed by atoms with Crippen LogP contribution < -0.4 is 5.76 Å². The van der Waals surface area contributed by atoms with Crippen LogP contribution in [0.5, 0.6) is 0 Å². The molecule has 0 radical (unpaired) electrons. The van der Waals surface area contributed by atoms with Crippen molar-refractivity contribution in [2.75, 3.05) is 0 Å². The number of carbonyl (C=O) groups is 1. The molecule has 6 nitrogen and oxygen atoms in total. The van der Waals surface area contributed by atoms with Crippen molar-refractivity contribution in [3.05, 3.63) is 63.7 Å². The van der Waals surface area contributed by atoms with Crippen LogP contribution in [0.2, 0.25) is 0 Å². The summed E-state index contributed by atoms with van der Waals surface area (Å²) in [7, 11) is 0. The Balaban J connectivity index is 1.94. The molecule has 0 aliphatic rings. The summed E-state index contributed by atoms with van der Waals surface area (Å²) in [6, 6.07) is 5.53. The molecule has 124 valence electrons. The van der Waals surface area contributed by atoms with Crippen molar-refractivity contribution in [1.82, 2.24) is 14.3 Å². The topological polar surface area (TPSA) is 70.0 Å². The Kier molecular flexibility index (Phi) is 4.35. The highest BCUT2D eigenvalue weighted by molar-refractivity contribution is 7.13. The largest absolute Gasteiger partial charge is 0.442 e. The van der Waals surface area contributed by atoms with Crippen molar-refractivity contribution in [3.63, 3.8) is 0 Å². The van der Waals surface area contributed by atoms with Crippen molar-refractivity contribution in [2.24, 2.45) is 0 Å². The van der Waals surface area contributed by atoms with Crippen LogP contribution in [0.25, 0.3) is 10.7 Å². The van der Waals surface area contributed by atoms with Gasteiger partial charge in [0.05, 0.1) is 11.4 Å². The Morgan fingerprint density at radius 3 is 2.88 bits per heavy atom. The van der Waals surface area contributed by atoms with Gasteiger partial charge in [-0.05, 0) is 31.4 Å². The van der Waals surface area contributed by atoms with E-state index in [1.807, 2.05) is 42.0 Å². The number of carbonyl (C=O) groups excluding carboxylic acids is 1. The van der Waals surface area contributed by atoms with E-state index in [1.54, 1.807) is 6.08 Å². The van der Waals surface area contributed by atoms with Crippen LogP contribution in [0, 0.1) is 13.8 Å². The van der Waals surface area contributed by atoms with Crippen molar-refractivity contribution in [1.29, 1.82) is 0 Å². The quantitative estimate of drug-likeness (QED) is 0.509. The molecule has 3 aromatic heterocycles. The predicted molar refractivity (Wildman–Crippen MR) is 92.5 cm³/mol. The monoisotopic (exact) mass is 343 g/mol. The third-order valence-corrected chi connectivity index (χ3v) is 4.78. The molecule has 3 heterocycles. The number of Topliss-reactive ketones (excluding diaryl/α,β-unsaturated/α-hetero) is 1. The molecule has 0 saturated heterocycles. The number of aromatic nitrogens is 3. The van der Waals surface area contributed by atoms with Gasteiger partial charge in [-0.3, -0.25) is 9.32 Å². The van der Waals surface area contributed by atoms with E-state index in [0.717, 1.165) is 16.3 Å². The zero-order chi connectivity index (χ0) is 17.3. The predicted octanol–water partition coefficient (Wildman–Crippen LogP) is 3.05. The summed E-state index contributed by atoms with van der Waals surface area (Å²) in [6.07, 6.45) is 1.79. The Morgan fingerprint density at radius 2 is 2.21 bits per heavy atom. The van der Waals surface area contributed by atoms with E-state index in [2.05, 4.69) is 11.7 Å². The number of rotatable bonds is 6. The molecule has 0 unspecified atom stereocenters. The number of allylic oxidation sites excluding steroid dienone is 1. The fraction of sp³-hybridized carbons (Fsp3) is 0.235. The molecule has 0 amide bonds. The van der Waals surface area contributed by atoms with Gasteiger partial charge in [-0.2, -0.15) is 0 Å². The fourth-order valence-electron chi connectivity index (χ4n) is 2.71. The highest BCUT2D eigenvalue weighted by Crippen LogP contribution is 2.22. The van der Waals surface area contributed by atoms with Gasteiger partial charge in [0.2, 0.25) is 0 Å². The first-order valence-electron chi connectivity index (χ1n) is 7.44. The second kappa shape index (κ2) is 6.45. The number of aryl methyl sites for hydroxylation is 1. The molecular weight excluding hydrogens is 326 g/mol. The molecule has 7 heteroatoms. The maximum atomic E-state index is 12.7. The van der Waals surface area contributed by atoms with Gasteiger partial charge in [0.25, 0.3) is 0 Å². The standard InChI is InChI=1S/C17H17N3O3S/c1-4-7-19-11(2)9-13(12(19)3)14(21)10-20-16(18-23-17(20)22)15-6-5-8-24-15/h4-6,8-9H,1,7,10H2,2-3H3. The van der Waals surface area contributed by atoms with Gasteiger partial charge in [0.15, 0.2) is 11.6 Å². The summed E-state index contributed by atoms with van der Waals surface area (Å²) in [5, 5.41) is 5.67. The first-order valence-corrected chi connectivity index (χ1v) is 8.32. The van der Waals surface area contributed by atoms with E-state index >= 15 is 0 Å². The van der Waals surface area contributed by atoms with Crippen LogP contribution in [0.4, 0.5) is 0 Å². The van der Waals surface area contributed by atoms with E-state index in [-0.39, 0.29) is 12.3 Å². The SMILES string of the molecule is C=CCn1c(C)cc(C(=O)Cn2c(-c3cccs3)noc2=O)c1C. The number of hydrogen-bond acceptors (Lipinski definition) is 5. The minimum absolute atomic E-state index is 0.103. The molecule has 0 aliphatic heterocycles. The van der Waals surface area contributed by atoms with Crippen LogP contribution in [-0.2, 0) is 13.1 Å². The minimum Gasteiger partial charge on any atom is -0.345 e. The molecule has 0 fully saturated rings. The second-order valence-corrected chi connectivity index (χ2v) is 6.39. The maximum absolute atomic E-state index is 12.7. The van der Waals surface area contributed by atoms with Gasteiger partial charge < -0.3 is 4.57 Å². The summed E-state index contributed by atoms with van der Waals surface area (Å²) in [5.74, 6) is -0.406. The minimum atomic E-state index is -0.633.